The lowest BCUT2D eigenvalue weighted by molar-refractivity contribution is -0.135. The van der Waals surface area contributed by atoms with E-state index >= 15 is 0 Å². The maximum Gasteiger partial charge on any atom is 0.390 e. The van der Waals surface area contributed by atoms with Crippen molar-refractivity contribution in [1.29, 1.82) is 0 Å². The molecule has 0 fully saturated rings. The summed E-state index contributed by atoms with van der Waals surface area (Å²) in [5.74, 6) is -0.127. The number of halogens is 3. The van der Waals surface area contributed by atoms with E-state index in [0.29, 0.717) is 13.0 Å². The molecule has 1 atom stereocenters. The zero-order valence-corrected chi connectivity index (χ0v) is 8.73. The lowest BCUT2D eigenvalue weighted by Crippen LogP contribution is -2.28. The van der Waals surface area contributed by atoms with Gasteiger partial charge in [0.1, 0.15) is 0 Å². The number of nitrogens with one attached hydrogen (secondary N) is 1. The fourth-order valence-corrected chi connectivity index (χ4v) is 0.927. The van der Waals surface area contributed by atoms with Gasteiger partial charge in [0.2, 0.25) is 5.91 Å². The van der Waals surface area contributed by atoms with Gasteiger partial charge in [-0.25, -0.2) is 0 Å². The van der Waals surface area contributed by atoms with E-state index in [9.17, 15) is 18.0 Å². The molecule has 0 spiro atoms. The molecule has 3 N–H and O–H groups in total. The molecule has 6 heteroatoms. The monoisotopic (exact) mass is 226 g/mol. The summed E-state index contributed by atoms with van der Waals surface area (Å²) in [6, 6.07) is 0. The molecule has 0 saturated heterocycles. The highest BCUT2D eigenvalue weighted by Crippen LogP contribution is 2.18. The minimum absolute atomic E-state index is 0.221. The molecule has 0 aliphatic heterocycles. The Balaban J connectivity index is 3.50. The average molecular weight is 226 g/mol. The third kappa shape index (κ3) is 9.52. The largest absolute Gasteiger partial charge is 0.390 e. The van der Waals surface area contributed by atoms with Crippen LogP contribution in [-0.4, -0.2) is 25.2 Å². The molecule has 1 amide bonds. The number of amides is 1. The summed E-state index contributed by atoms with van der Waals surface area (Å²) in [5, 5.41) is 2.22. The normalized spacial score (nSPS) is 13.7. The Morgan fingerprint density at radius 1 is 1.47 bits per heavy atom. The van der Waals surface area contributed by atoms with Crippen LogP contribution in [0.5, 0.6) is 0 Å². The molecule has 0 saturated carbocycles. The Morgan fingerprint density at radius 3 is 2.53 bits per heavy atom. The van der Waals surface area contributed by atoms with Gasteiger partial charge in [0.05, 0.1) is 6.42 Å². The number of rotatable bonds is 6. The number of nitrogens with two attached hydrogens (primary N) is 1. The zero-order chi connectivity index (χ0) is 11.9. The number of hydrogen-bond donors (Lipinski definition) is 2. The van der Waals surface area contributed by atoms with Crippen LogP contribution in [0.15, 0.2) is 0 Å². The van der Waals surface area contributed by atoms with Crippen molar-refractivity contribution in [2.45, 2.75) is 32.4 Å². The Bertz CT molecular complexity index is 194. The third-order valence-corrected chi connectivity index (χ3v) is 2.00. The molecule has 0 aliphatic carbocycles. The van der Waals surface area contributed by atoms with Crippen LogP contribution >= 0.6 is 0 Å². The van der Waals surface area contributed by atoms with Crippen LogP contribution < -0.4 is 11.1 Å². The SMILES string of the molecule is CC(CN)CCC(=O)NCCC(F)(F)F. The van der Waals surface area contributed by atoms with Gasteiger partial charge in [-0.1, -0.05) is 6.92 Å². The molecule has 0 heterocycles. The van der Waals surface area contributed by atoms with E-state index in [1.54, 1.807) is 0 Å². The van der Waals surface area contributed by atoms with Crippen molar-refractivity contribution in [1.82, 2.24) is 5.32 Å². The molecule has 0 bridgehead atoms. The van der Waals surface area contributed by atoms with E-state index < -0.39 is 12.6 Å². The lowest BCUT2D eigenvalue weighted by Gasteiger charge is -2.09. The Kier molecular flexibility index (Phi) is 6.31. The van der Waals surface area contributed by atoms with E-state index in [1.165, 1.54) is 0 Å². The van der Waals surface area contributed by atoms with Crippen LogP contribution in [0.4, 0.5) is 13.2 Å². The lowest BCUT2D eigenvalue weighted by atomic mass is 10.1. The number of carbonyl (C=O) groups excluding carboxylic acids is 1. The van der Waals surface area contributed by atoms with Gasteiger partial charge in [-0.3, -0.25) is 4.79 Å². The molecule has 0 rings (SSSR count). The van der Waals surface area contributed by atoms with E-state index in [1.807, 2.05) is 6.92 Å². The van der Waals surface area contributed by atoms with Crippen LogP contribution in [0, 0.1) is 5.92 Å². The molecular weight excluding hydrogens is 209 g/mol. The third-order valence-electron chi connectivity index (χ3n) is 2.00. The van der Waals surface area contributed by atoms with Crippen molar-refractivity contribution < 1.29 is 18.0 Å². The van der Waals surface area contributed by atoms with Crippen LogP contribution in [0.3, 0.4) is 0 Å². The molecule has 90 valence electrons. The highest BCUT2D eigenvalue weighted by Gasteiger charge is 2.26. The second kappa shape index (κ2) is 6.66. The number of alkyl halides is 3. The first-order chi connectivity index (χ1) is 6.85. The molecule has 0 radical (unpaired) electrons. The number of carbonyl (C=O) groups is 1. The molecule has 0 aliphatic rings. The van der Waals surface area contributed by atoms with Gasteiger partial charge in [0, 0.05) is 13.0 Å². The second-order valence-corrected chi connectivity index (χ2v) is 3.59. The minimum atomic E-state index is -4.21. The summed E-state index contributed by atoms with van der Waals surface area (Å²) in [6.45, 7) is 2.03. The van der Waals surface area contributed by atoms with Gasteiger partial charge in [0.15, 0.2) is 0 Å². The Hall–Kier alpha value is -0.780. The van der Waals surface area contributed by atoms with Crippen molar-refractivity contribution in [3.63, 3.8) is 0 Å². The topological polar surface area (TPSA) is 55.1 Å². The van der Waals surface area contributed by atoms with Gasteiger partial charge in [-0.2, -0.15) is 13.2 Å². The predicted octanol–water partition coefficient (Wildman–Crippen LogP) is 1.43. The molecule has 0 aromatic heterocycles. The Labute approximate surface area is 87.2 Å². The minimum Gasteiger partial charge on any atom is -0.356 e. The summed E-state index contributed by atoms with van der Waals surface area (Å²) in [6.07, 6.45) is -4.35. The molecule has 0 aromatic carbocycles. The van der Waals surface area contributed by atoms with E-state index in [0.717, 1.165) is 0 Å². The maximum atomic E-state index is 11.7. The predicted molar refractivity (Wildman–Crippen MR) is 51.1 cm³/mol. The van der Waals surface area contributed by atoms with Gasteiger partial charge < -0.3 is 11.1 Å². The van der Waals surface area contributed by atoms with Crippen LogP contribution in [-0.2, 0) is 4.79 Å². The molecule has 15 heavy (non-hydrogen) atoms. The zero-order valence-electron chi connectivity index (χ0n) is 8.73. The highest BCUT2D eigenvalue weighted by atomic mass is 19.4. The van der Waals surface area contributed by atoms with Crippen LogP contribution in [0.2, 0.25) is 0 Å². The maximum absolute atomic E-state index is 11.7. The van der Waals surface area contributed by atoms with Crippen LogP contribution in [0.1, 0.15) is 26.2 Å². The fourth-order valence-electron chi connectivity index (χ4n) is 0.927. The first kappa shape index (κ1) is 14.2. The van der Waals surface area contributed by atoms with E-state index in [4.69, 9.17) is 5.73 Å². The average Bonchev–Trinajstić information content (AvgIpc) is 2.12. The summed E-state index contributed by atoms with van der Waals surface area (Å²) in [5.41, 5.74) is 5.34. The quantitative estimate of drug-likeness (QED) is 0.719. The molecule has 0 aromatic rings. The van der Waals surface area contributed by atoms with Gasteiger partial charge in [-0.15, -0.1) is 0 Å². The highest BCUT2D eigenvalue weighted by molar-refractivity contribution is 5.75. The van der Waals surface area contributed by atoms with Crippen molar-refractivity contribution >= 4 is 5.91 Å². The number of hydrogen-bond acceptors (Lipinski definition) is 2. The summed E-state index contributed by atoms with van der Waals surface area (Å²) >= 11 is 0. The summed E-state index contributed by atoms with van der Waals surface area (Å²) in [7, 11) is 0. The van der Waals surface area contributed by atoms with Gasteiger partial charge >= 0.3 is 6.18 Å². The van der Waals surface area contributed by atoms with Crippen molar-refractivity contribution in [3.8, 4) is 0 Å². The first-order valence-electron chi connectivity index (χ1n) is 4.88. The first-order valence-corrected chi connectivity index (χ1v) is 4.88. The van der Waals surface area contributed by atoms with Crippen molar-refractivity contribution in [2.24, 2.45) is 11.7 Å². The molecular formula is C9H17F3N2O. The molecule has 3 nitrogen and oxygen atoms in total. The van der Waals surface area contributed by atoms with Gasteiger partial charge in [0.25, 0.3) is 0 Å². The molecule has 1 unspecified atom stereocenters. The second-order valence-electron chi connectivity index (χ2n) is 3.59. The van der Waals surface area contributed by atoms with Crippen molar-refractivity contribution in [3.05, 3.63) is 0 Å². The summed E-state index contributed by atoms with van der Waals surface area (Å²) < 4.78 is 35.1. The standard InChI is InChI=1S/C9H17F3N2O/c1-7(6-13)2-3-8(15)14-5-4-9(10,11)12/h7H,2-6,13H2,1H3,(H,14,15). The van der Waals surface area contributed by atoms with Crippen LogP contribution in [0.25, 0.3) is 0 Å². The Morgan fingerprint density at radius 2 is 2.07 bits per heavy atom. The van der Waals surface area contributed by atoms with Crippen molar-refractivity contribution in [2.75, 3.05) is 13.1 Å². The summed E-state index contributed by atoms with van der Waals surface area (Å²) in [4.78, 5) is 11.0. The van der Waals surface area contributed by atoms with E-state index in [-0.39, 0.29) is 24.8 Å². The fraction of sp³-hybridized carbons (Fsp3) is 0.889. The smallest absolute Gasteiger partial charge is 0.356 e. The van der Waals surface area contributed by atoms with Gasteiger partial charge in [-0.05, 0) is 18.9 Å². The van der Waals surface area contributed by atoms with E-state index in [2.05, 4.69) is 5.32 Å².